The summed E-state index contributed by atoms with van der Waals surface area (Å²) in [6.45, 7) is 5.61. The Balaban J connectivity index is 2.20. The smallest absolute Gasteiger partial charge is 0.407 e. The average molecular weight is 337 g/mol. The third-order valence-electron chi connectivity index (χ3n) is 2.62. The molecule has 0 aromatic heterocycles. The zero-order valence-electron chi connectivity index (χ0n) is 14.0. The molecular weight excluding hydrogens is 314 g/mol. The zero-order valence-corrected chi connectivity index (χ0v) is 14.0. The molecule has 0 saturated heterocycles. The van der Waals surface area contributed by atoms with Crippen molar-refractivity contribution in [3.05, 3.63) is 29.8 Å². The number of carbonyl (C=O) groups excluding carboxylic acids is 3. The molecular formula is C16H23N3O5. The normalized spacial score (nSPS) is 10.6. The number of alkyl carbamates (subject to hydrolysis) is 1. The second-order valence-electron chi connectivity index (χ2n) is 5.96. The molecule has 24 heavy (non-hydrogen) atoms. The molecule has 0 atom stereocenters. The molecule has 0 aliphatic carbocycles. The Labute approximate surface area is 140 Å². The van der Waals surface area contributed by atoms with Gasteiger partial charge in [-0.2, -0.15) is 0 Å². The number of rotatable bonds is 7. The first-order chi connectivity index (χ1) is 11.2. The fourth-order valence-corrected chi connectivity index (χ4v) is 1.60. The number of ether oxygens (including phenoxy) is 2. The van der Waals surface area contributed by atoms with E-state index >= 15 is 0 Å². The Hall–Kier alpha value is -2.77. The lowest BCUT2D eigenvalue weighted by molar-refractivity contribution is -0.123. The van der Waals surface area contributed by atoms with Crippen LogP contribution in [0.5, 0.6) is 5.75 Å². The van der Waals surface area contributed by atoms with Crippen LogP contribution in [-0.2, 0) is 9.53 Å². The summed E-state index contributed by atoms with van der Waals surface area (Å²) < 4.78 is 10.3. The maximum absolute atomic E-state index is 11.6. The van der Waals surface area contributed by atoms with Crippen LogP contribution in [0, 0.1) is 0 Å². The van der Waals surface area contributed by atoms with Crippen molar-refractivity contribution in [2.45, 2.75) is 26.4 Å². The second kappa shape index (κ2) is 8.76. The van der Waals surface area contributed by atoms with Crippen LogP contribution < -0.4 is 21.1 Å². The van der Waals surface area contributed by atoms with Crippen LogP contribution in [0.2, 0.25) is 0 Å². The maximum Gasteiger partial charge on any atom is 0.407 e. The first kappa shape index (κ1) is 19.3. The van der Waals surface area contributed by atoms with Crippen molar-refractivity contribution in [3.8, 4) is 5.75 Å². The zero-order chi connectivity index (χ0) is 18.2. The number of nitrogens with one attached hydrogen (secondary N) is 2. The predicted molar refractivity (Wildman–Crippen MR) is 87.7 cm³/mol. The standard InChI is InChI=1S/C16H23N3O5/c1-16(2,3)24-15(22)19-9-8-18-13(20)10-23-12-6-4-11(5-7-12)14(17)21/h4-7H,8-10H2,1-3H3,(H2,17,21)(H,18,20)(H,19,22). The largest absolute Gasteiger partial charge is 0.484 e. The summed E-state index contributed by atoms with van der Waals surface area (Å²) in [6, 6.07) is 6.13. The Bertz CT molecular complexity index is 578. The van der Waals surface area contributed by atoms with Gasteiger partial charge in [0.05, 0.1) is 0 Å². The van der Waals surface area contributed by atoms with Gasteiger partial charge in [0.1, 0.15) is 11.4 Å². The first-order valence-electron chi connectivity index (χ1n) is 7.43. The molecule has 1 aromatic rings. The number of hydrogen-bond donors (Lipinski definition) is 3. The van der Waals surface area contributed by atoms with Crippen LogP contribution in [0.4, 0.5) is 4.79 Å². The summed E-state index contributed by atoms with van der Waals surface area (Å²) in [7, 11) is 0. The molecule has 0 unspecified atom stereocenters. The van der Waals surface area contributed by atoms with Gasteiger partial charge in [-0.1, -0.05) is 0 Å². The van der Waals surface area contributed by atoms with E-state index < -0.39 is 17.6 Å². The van der Waals surface area contributed by atoms with Crippen LogP contribution in [0.3, 0.4) is 0 Å². The molecule has 132 valence electrons. The maximum atomic E-state index is 11.6. The molecule has 1 rings (SSSR count). The van der Waals surface area contributed by atoms with Crippen molar-refractivity contribution in [1.29, 1.82) is 0 Å². The van der Waals surface area contributed by atoms with Crippen LogP contribution in [0.25, 0.3) is 0 Å². The monoisotopic (exact) mass is 337 g/mol. The summed E-state index contributed by atoms with van der Waals surface area (Å²) in [5.74, 6) is -0.418. The topological polar surface area (TPSA) is 120 Å². The molecule has 1 aromatic carbocycles. The van der Waals surface area contributed by atoms with Crippen molar-refractivity contribution in [1.82, 2.24) is 10.6 Å². The van der Waals surface area contributed by atoms with Gasteiger partial charge in [-0.25, -0.2) is 4.79 Å². The van der Waals surface area contributed by atoms with E-state index in [1.807, 2.05) is 0 Å². The number of nitrogens with two attached hydrogens (primary N) is 1. The number of hydrogen-bond acceptors (Lipinski definition) is 5. The molecule has 0 aliphatic rings. The summed E-state index contributed by atoms with van der Waals surface area (Å²) in [4.78, 5) is 33.9. The molecule has 8 heteroatoms. The number of carbonyl (C=O) groups is 3. The van der Waals surface area contributed by atoms with E-state index in [2.05, 4.69) is 10.6 Å². The fraction of sp³-hybridized carbons (Fsp3) is 0.438. The van der Waals surface area contributed by atoms with Gasteiger partial charge >= 0.3 is 6.09 Å². The molecule has 4 N–H and O–H groups in total. The van der Waals surface area contributed by atoms with Crippen LogP contribution in [-0.4, -0.2) is 43.2 Å². The van der Waals surface area contributed by atoms with Gasteiger partial charge in [0.25, 0.3) is 5.91 Å². The van der Waals surface area contributed by atoms with E-state index in [-0.39, 0.29) is 25.6 Å². The Morgan fingerprint density at radius 2 is 1.62 bits per heavy atom. The van der Waals surface area contributed by atoms with Gasteiger partial charge in [0.2, 0.25) is 5.91 Å². The first-order valence-corrected chi connectivity index (χ1v) is 7.43. The molecule has 0 radical (unpaired) electrons. The third kappa shape index (κ3) is 8.02. The highest BCUT2D eigenvalue weighted by atomic mass is 16.6. The Kier molecular flexibility index (Phi) is 7.03. The molecule has 0 saturated carbocycles. The van der Waals surface area contributed by atoms with Crippen molar-refractivity contribution in [2.24, 2.45) is 5.73 Å². The minimum Gasteiger partial charge on any atom is -0.484 e. The molecule has 0 bridgehead atoms. The van der Waals surface area contributed by atoms with E-state index in [1.165, 1.54) is 12.1 Å². The Morgan fingerprint density at radius 3 is 2.17 bits per heavy atom. The minimum absolute atomic E-state index is 0.178. The third-order valence-corrected chi connectivity index (χ3v) is 2.62. The minimum atomic E-state index is -0.564. The lowest BCUT2D eigenvalue weighted by Gasteiger charge is -2.19. The molecule has 0 aliphatic heterocycles. The SMILES string of the molecule is CC(C)(C)OC(=O)NCCNC(=O)COc1ccc(C(N)=O)cc1. The van der Waals surface area contributed by atoms with Gasteiger partial charge < -0.3 is 25.8 Å². The highest BCUT2D eigenvalue weighted by molar-refractivity contribution is 5.92. The number of amides is 3. The van der Waals surface area contributed by atoms with Gasteiger partial charge in [-0.05, 0) is 45.0 Å². The number of primary amides is 1. The van der Waals surface area contributed by atoms with Gasteiger partial charge in [-0.15, -0.1) is 0 Å². The van der Waals surface area contributed by atoms with Gasteiger partial charge in [0, 0.05) is 18.7 Å². The molecule has 0 spiro atoms. The fourth-order valence-electron chi connectivity index (χ4n) is 1.60. The van der Waals surface area contributed by atoms with Crippen LogP contribution in [0.15, 0.2) is 24.3 Å². The molecule has 0 heterocycles. The predicted octanol–water partition coefficient (Wildman–Crippen LogP) is 0.805. The van der Waals surface area contributed by atoms with E-state index in [4.69, 9.17) is 15.2 Å². The molecule has 0 fully saturated rings. The molecule has 3 amide bonds. The van der Waals surface area contributed by atoms with Crippen molar-refractivity contribution in [2.75, 3.05) is 19.7 Å². The number of benzene rings is 1. The van der Waals surface area contributed by atoms with E-state index in [0.717, 1.165) is 0 Å². The van der Waals surface area contributed by atoms with Crippen molar-refractivity contribution < 1.29 is 23.9 Å². The van der Waals surface area contributed by atoms with Crippen LogP contribution >= 0.6 is 0 Å². The van der Waals surface area contributed by atoms with E-state index in [0.29, 0.717) is 11.3 Å². The lowest BCUT2D eigenvalue weighted by atomic mass is 10.2. The lowest BCUT2D eigenvalue weighted by Crippen LogP contribution is -2.39. The highest BCUT2D eigenvalue weighted by Crippen LogP contribution is 2.11. The summed E-state index contributed by atoms with van der Waals surface area (Å²) >= 11 is 0. The van der Waals surface area contributed by atoms with Crippen LogP contribution in [0.1, 0.15) is 31.1 Å². The van der Waals surface area contributed by atoms with Gasteiger partial charge in [0.15, 0.2) is 6.61 Å². The second-order valence-corrected chi connectivity index (χ2v) is 5.96. The quantitative estimate of drug-likeness (QED) is 0.636. The van der Waals surface area contributed by atoms with Gasteiger partial charge in [-0.3, -0.25) is 9.59 Å². The summed E-state index contributed by atoms with van der Waals surface area (Å²) in [6.07, 6.45) is -0.539. The van der Waals surface area contributed by atoms with E-state index in [9.17, 15) is 14.4 Å². The van der Waals surface area contributed by atoms with E-state index in [1.54, 1.807) is 32.9 Å². The highest BCUT2D eigenvalue weighted by Gasteiger charge is 2.15. The van der Waals surface area contributed by atoms with Crippen molar-refractivity contribution >= 4 is 17.9 Å². The molecule has 8 nitrogen and oxygen atoms in total. The summed E-state index contributed by atoms with van der Waals surface area (Å²) in [5, 5.41) is 5.12. The Morgan fingerprint density at radius 1 is 1.04 bits per heavy atom. The summed E-state index contributed by atoms with van der Waals surface area (Å²) in [5.41, 5.74) is 4.92. The average Bonchev–Trinajstić information content (AvgIpc) is 2.48. The van der Waals surface area contributed by atoms with Crippen molar-refractivity contribution in [3.63, 3.8) is 0 Å².